The molecule has 0 saturated carbocycles. The minimum absolute atomic E-state index is 0.351. The van der Waals surface area contributed by atoms with Gasteiger partial charge in [-0.15, -0.1) is 0 Å². The van der Waals surface area contributed by atoms with Crippen LogP contribution in [0.15, 0.2) is 54.6 Å². The van der Waals surface area contributed by atoms with Gasteiger partial charge >= 0.3 is 142 Å². The average Bonchev–Trinajstić information content (AvgIpc) is 2.78. The molecular weight excluding hydrogens is 498 g/mol. The van der Waals surface area contributed by atoms with Crippen molar-refractivity contribution in [2.24, 2.45) is 0 Å². The Morgan fingerprint density at radius 3 is 2.48 bits per heavy atom. The first kappa shape index (κ1) is 15.0. The second kappa shape index (κ2) is 6.09. The number of benzene rings is 2. The van der Waals surface area contributed by atoms with Gasteiger partial charge in [0, 0.05) is 0 Å². The summed E-state index contributed by atoms with van der Waals surface area (Å²) in [5.41, 5.74) is 1.27. The van der Waals surface area contributed by atoms with Crippen LogP contribution in [0.25, 0.3) is 0 Å². The quantitative estimate of drug-likeness (QED) is 0.452. The Morgan fingerprint density at radius 2 is 1.76 bits per heavy atom. The minimum atomic E-state index is -4.43. The van der Waals surface area contributed by atoms with Crippen molar-refractivity contribution in [1.29, 1.82) is 0 Å². The van der Waals surface area contributed by atoms with E-state index in [0.717, 1.165) is 5.56 Å². The first-order chi connectivity index (χ1) is 10.1. The fourth-order valence-corrected chi connectivity index (χ4v) is 7.84. The monoisotopic (exact) mass is 510 g/mol. The molecule has 0 radical (unpaired) electrons. The number of halogens is 2. The van der Waals surface area contributed by atoms with Crippen molar-refractivity contribution in [3.05, 3.63) is 69.3 Å². The molecule has 2 aromatic rings. The molecule has 110 valence electrons. The van der Waals surface area contributed by atoms with Gasteiger partial charge in [-0.2, -0.15) is 0 Å². The topological polar surface area (TPSA) is 52.6 Å². The van der Waals surface area contributed by atoms with Crippen molar-refractivity contribution >= 4 is 47.8 Å². The molecule has 0 bridgehead atoms. The standard InChI is InChI=1S/C15H12I2O4/c16-10-14(11-6-2-1-3-7-11)20-17(19)13-9-5-4-8-12(13)15(18)21-17/h1-9,14H,10H2. The summed E-state index contributed by atoms with van der Waals surface area (Å²) < 4.78 is 25.0. The zero-order chi connectivity index (χ0) is 14.9. The Kier molecular flexibility index (Phi) is 4.36. The van der Waals surface area contributed by atoms with Crippen molar-refractivity contribution in [2.45, 2.75) is 6.10 Å². The average molecular weight is 510 g/mol. The van der Waals surface area contributed by atoms with Crippen molar-refractivity contribution in [2.75, 3.05) is 4.43 Å². The second-order valence-corrected chi connectivity index (χ2v) is 9.80. The number of carbonyl (C=O) groups is 1. The molecule has 1 aliphatic rings. The molecule has 0 N–H and O–H groups in total. The maximum absolute atomic E-state index is 13.0. The van der Waals surface area contributed by atoms with Crippen LogP contribution in [0.2, 0.25) is 0 Å². The number of alkyl halides is 1. The Balaban J connectivity index is 1.94. The second-order valence-electron chi connectivity index (χ2n) is 4.41. The molecular formula is C15H12I2O4. The summed E-state index contributed by atoms with van der Waals surface area (Å²) in [6.45, 7) is 0. The van der Waals surface area contributed by atoms with Crippen LogP contribution in [0.4, 0.5) is 0 Å². The molecule has 0 fully saturated rings. The summed E-state index contributed by atoms with van der Waals surface area (Å²) in [5.74, 6) is -0.558. The number of hydrogen-bond acceptors (Lipinski definition) is 4. The Bertz CT molecular complexity index is 715. The Hall–Kier alpha value is -0.870. The molecule has 0 aromatic heterocycles. The van der Waals surface area contributed by atoms with Gasteiger partial charge in [0.05, 0.1) is 0 Å². The van der Waals surface area contributed by atoms with Crippen molar-refractivity contribution in [3.8, 4) is 0 Å². The van der Waals surface area contributed by atoms with Gasteiger partial charge in [-0.05, 0) is 0 Å². The summed E-state index contributed by atoms with van der Waals surface area (Å²) in [6.07, 6.45) is -0.361. The van der Waals surface area contributed by atoms with Crippen LogP contribution in [0.1, 0.15) is 22.0 Å². The SMILES string of the molecule is O=C1OI(=O)(OC(CI)c2ccccc2)c2ccccc21. The van der Waals surface area contributed by atoms with E-state index >= 15 is 0 Å². The van der Waals surface area contributed by atoms with Crippen molar-refractivity contribution < 1.29 is 14.0 Å². The molecule has 4 nitrogen and oxygen atoms in total. The maximum atomic E-state index is 13.0. The Labute approximate surface area is 141 Å². The zero-order valence-corrected chi connectivity index (χ0v) is 15.2. The Morgan fingerprint density at radius 1 is 1.10 bits per heavy atom. The van der Waals surface area contributed by atoms with Gasteiger partial charge < -0.3 is 0 Å². The zero-order valence-electron chi connectivity index (χ0n) is 10.9. The van der Waals surface area contributed by atoms with Gasteiger partial charge in [0.2, 0.25) is 0 Å². The molecule has 3 rings (SSSR count). The van der Waals surface area contributed by atoms with Gasteiger partial charge in [-0.25, -0.2) is 0 Å². The van der Waals surface area contributed by atoms with Gasteiger partial charge in [0.1, 0.15) is 0 Å². The normalized spacial score (nSPS) is 24.7. The van der Waals surface area contributed by atoms with Crippen molar-refractivity contribution in [1.82, 2.24) is 0 Å². The first-order valence-electron chi connectivity index (χ1n) is 6.25. The molecule has 2 unspecified atom stereocenters. The summed E-state index contributed by atoms with van der Waals surface area (Å²) in [7, 11) is 0. The van der Waals surface area contributed by atoms with E-state index in [2.05, 4.69) is 22.6 Å². The van der Waals surface area contributed by atoms with E-state index in [1.54, 1.807) is 24.3 Å². The van der Waals surface area contributed by atoms with E-state index in [0.29, 0.717) is 13.6 Å². The van der Waals surface area contributed by atoms with Crippen LogP contribution in [0.3, 0.4) is 0 Å². The summed E-state index contributed by atoms with van der Waals surface area (Å²) in [4.78, 5) is 11.8. The van der Waals surface area contributed by atoms with E-state index in [1.165, 1.54) is 0 Å². The molecule has 1 aliphatic heterocycles. The third-order valence-corrected chi connectivity index (χ3v) is 8.48. The molecule has 0 spiro atoms. The molecule has 0 aliphatic carbocycles. The van der Waals surface area contributed by atoms with Crippen LogP contribution in [0.5, 0.6) is 0 Å². The van der Waals surface area contributed by atoms with Crippen LogP contribution >= 0.6 is 41.8 Å². The summed E-state index contributed by atoms with van der Waals surface area (Å²) in [6, 6.07) is 16.3. The number of hydrogen-bond donors (Lipinski definition) is 0. The summed E-state index contributed by atoms with van der Waals surface area (Å²) in [5, 5.41) is 0. The first-order valence-corrected chi connectivity index (χ1v) is 11.5. The third-order valence-electron chi connectivity index (χ3n) is 3.05. The molecule has 6 heteroatoms. The van der Waals surface area contributed by atoms with Gasteiger partial charge in [-0.1, -0.05) is 0 Å². The number of carbonyl (C=O) groups excluding carboxylic acids is 1. The predicted molar refractivity (Wildman–Crippen MR) is 94.4 cm³/mol. The van der Waals surface area contributed by atoms with Crippen LogP contribution in [-0.2, 0) is 9.20 Å². The molecule has 2 aromatic carbocycles. The molecule has 0 amide bonds. The fraction of sp³-hybridized carbons (Fsp3) is 0.133. The predicted octanol–water partition coefficient (Wildman–Crippen LogP) is 4.44. The molecule has 2 atom stereocenters. The molecule has 0 saturated heterocycles. The van der Waals surface area contributed by atoms with Gasteiger partial charge in [0.25, 0.3) is 0 Å². The number of fused-ring (bicyclic) bond motifs is 1. The van der Waals surface area contributed by atoms with E-state index in [1.807, 2.05) is 30.3 Å². The van der Waals surface area contributed by atoms with Crippen LogP contribution in [0, 0.1) is 3.57 Å². The van der Waals surface area contributed by atoms with E-state index in [4.69, 9.17) is 6.13 Å². The number of rotatable bonds is 4. The molecule has 21 heavy (non-hydrogen) atoms. The summed E-state index contributed by atoms with van der Waals surface area (Å²) >= 11 is -2.26. The molecule has 1 heterocycles. The third kappa shape index (κ3) is 2.88. The van der Waals surface area contributed by atoms with Crippen LogP contribution < -0.4 is 0 Å². The van der Waals surface area contributed by atoms with E-state index in [9.17, 15) is 7.86 Å². The van der Waals surface area contributed by atoms with E-state index in [-0.39, 0.29) is 6.10 Å². The van der Waals surface area contributed by atoms with Crippen molar-refractivity contribution in [3.63, 3.8) is 0 Å². The van der Waals surface area contributed by atoms with Gasteiger partial charge in [0.15, 0.2) is 0 Å². The fourth-order valence-electron chi connectivity index (χ4n) is 2.04. The van der Waals surface area contributed by atoms with E-state index < -0.39 is 25.2 Å². The van der Waals surface area contributed by atoms with Crippen LogP contribution in [-0.4, -0.2) is 10.4 Å². The van der Waals surface area contributed by atoms with Gasteiger partial charge in [-0.3, -0.25) is 0 Å².